The Morgan fingerprint density at radius 1 is 1.50 bits per heavy atom. The normalized spacial score (nSPS) is 10.3. The van der Waals surface area contributed by atoms with E-state index >= 15 is 0 Å². The first-order chi connectivity index (χ1) is 8.63. The van der Waals surface area contributed by atoms with E-state index in [1.54, 1.807) is 0 Å². The molecule has 0 amide bonds. The monoisotopic (exact) mass is 310 g/mol. The molecule has 1 aromatic carbocycles. The molecular weight excluding hydrogens is 300 g/mol. The minimum atomic E-state index is -1.06. The van der Waals surface area contributed by atoms with Crippen LogP contribution in [0, 0.1) is 0 Å². The molecule has 0 aliphatic carbocycles. The second-order valence-corrected chi connectivity index (χ2v) is 4.47. The second kappa shape index (κ2) is 5.22. The van der Waals surface area contributed by atoms with E-state index < -0.39 is 5.97 Å². The van der Waals surface area contributed by atoms with E-state index in [0.29, 0.717) is 6.54 Å². The van der Waals surface area contributed by atoms with Crippen LogP contribution in [0.4, 0.5) is 0 Å². The third kappa shape index (κ3) is 2.38. The van der Waals surface area contributed by atoms with Gasteiger partial charge in [-0.1, -0.05) is 34.1 Å². The molecule has 1 aromatic heterocycles. The van der Waals surface area contributed by atoms with Crippen molar-refractivity contribution in [2.75, 3.05) is 7.11 Å². The highest BCUT2D eigenvalue weighted by Crippen LogP contribution is 2.21. The molecule has 2 aromatic rings. The van der Waals surface area contributed by atoms with Gasteiger partial charge in [-0.2, -0.15) is 5.10 Å². The Labute approximate surface area is 112 Å². The number of rotatable bonds is 4. The van der Waals surface area contributed by atoms with Crippen molar-refractivity contribution in [1.82, 2.24) is 9.78 Å². The Kier molecular flexibility index (Phi) is 3.66. The van der Waals surface area contributed by atoms with Gasteiger partial charge < -0.3 is 9.84 Å². The van der Waals surface area contributed by atoms with Gasteiger partial charge in [0, 0.05) is 4.47 Å². The molecule has 0 fully saturated rings. The first-order valence-corrected chi connectivity index (χ1v) is 5.99. The van der Waals surface area contributed by atoms with Gasteiger partial charge in [-0.05, 0) is 11.6 Å². The number of carboxylic acid groups (broad SMARTS) is 1. The van der Waals surface area contributed by atoms with Crippen molar-refractivity contribution in [3.05, 3.63) is 46.2 Å². The van der Waals surface area contributed by atoms with Gasteiger partial charge in [0.2, 0.25) is 0 Å². The summed E-state index contributed by atoms with van der Waals surface area (Å²) in [6.07, 6.45) is 1.40. The molecule has 0 atom stereocenters. The lowest BCUT2D eigenvalue weighted by Crippen LogP contribution is -2.12. The molecule has 18 heavy (non-hydrogen) atoms. The van der Waals surface area contributed by atoms with E-state index in [0.717, 1.165) is 10.0 Å². The molecule has 5 nitrogen and oxygen atoms in total. The topological polar surface area (TPSA) is 64.4 Å². The summed E-state index contributed by atoms with van der Waals surface area (Å²) < 4.78 is 7.30. The zero-order valence-corrected chi connectivity index (χ0v) is 11.2. The molecule has 0 bridgehead atoms. The largest absolute Gasteiger partial charge is 0.493 e. The molecule has 1 heterocycles. The number of halogens is 1. The summed E-state index contributed by atoms with van der Waals surface area (Å²) in [5.41, 5.74) is 0.999. The number of benzene rings is 1. The van der Waals surface area contributed by atoms with Gasteiger partial charge in [-0.15, -0.1) is 0 Å². The number of hydrogen-bond donors (Lipinski definition) is 1. The highest BCUT2D eigenvalue weighted by Gasteiger charge is 2.18. The highest BCUT2D eigenvalue weighted by atomic mass is 79.9. The van der Waals surface area contributed by atoms with Crippen molar-refractivity contribution in [1.29, 1.82) is 0 Å². The van der Waals surface area contributed by atoms with Crippen molar-refractivity contribution in [3.63, 3.8) is 0 Å². The lowest BCUT2D eigenvalue weighted by atomic mass is 10.2. The lowest BCUT2D eigenvalue weighted by Gasteiger charge is -2.07. The van der Waals surface area contributed by atoms with E-state index in [-0.39, 0.29) is 11.4 Å². The summed E-state index contributed by atoms with van der Waals surface area (Å²) in [7, 11) is 1.42. The quantitative estimate of drug-likeness (QED) is 0.942. The summed E-state index contributed by atoms with van der Waals surface area (Å²) in [4.78, 5) is 11.2. The number of carboxylic acids is 1. The summed E-state index contributed by atoms with van der Waals surface area (Å²) in [6.45, 7) is 0.367. The number of carbonyl (C=O) groups is 1. The van der Waals surface area contributed by atoms with Crippen LogP contribution in [0.2, 0.25) is 0 Å². The maximum Gasteiger partial charge on any atom is 0.358 e. The van der Waals surface area contributed by atoms with E-state index in [1.165, 1.54) is 18.0 Å². The van der Waals surface area contributed by atoms with Crippen LogP contribution >= 0.6 is 15.9 Å². The zero-order chi connectivity index (χ0) is 13.1. The van der Waals surface area contributed by atoms with Crippen molar-refractivity contribution < 1.29 is 14.6 Å². The van der Waals surface area contributed by atoms with Crippen molar-refractivity contribution in [2.24, 2.45) is 0 Å². The minimum Gasteiger partial charge on any atom is -0.493 e. The Balaban J connectivity index is 2.38. The first kappa shape index (κ1) is 12.6. The maximum absolute atomic E-state index is 11.2. The molecule has 2 rings (SSSR count). The number of hydrogen-bond acceptors (Lipinski definition) is 3. The highest BCUT2D eigenvalue weighted by molar-refractivity contribution is 9.10. The third-order valence-corrected chi connectivity index (χ3v) is 3.28. The van der Waals surface area contributed by atoms with Crippen LogP contribution in [0.25, 0.3) is 0 Å². The van der Waals surface area contributed by atoms with Crippen molar-refractivity contribution in [3.8, 4) is 5.75 Å². The number of aromatic nitrogens is 2. The smallest absolute Gasteiger partial charge is 0.358 e. The van der Waals surface area contributed by atoms with Gasteiger partial charge in [0.25, 0.3) is 0 Å². The Morgan fingerprint density at radius 3 is 2.83 bits per heavy atom. The van der Waals surface area contributed by atoms with Crippen molar-refractivity contribution >= 4 is 21.9 Å². The number of aromatic carboxylic acids is 1. The van der Waals surface area contributed by atoms with Crippen LogP contribution in [0.1, 0.15) is 16.1 Å². The molecule has 0 aliphatic rings. The van der Waals surface area contributed by atoms with E-state index in [9.17, 15) is 4.79 Å². The maximum atomic E-state index is 11.2. The van der Waals surface area contributed by atoms with E-state index in [4.69, 9.17) is 9.84 Å². The number of ether oxygens (including phenoxy) is 1. The predicted molar refractivity (Wildman–Crippen MR) is 69.0 cm³/mol. The van der Waals surface area contributed by atoms with Gasteiger partial charge in [0.15, 0.2) is 11.4 Å². The summed E-state index contributed by atoms with van der Waals surface area (Å²) >= 11 is 3.42. The van der Waals surface area contributed by atoms with Gasteiger partial charge in [0.1, 0.15) is 0 Å². The van der Waals surface area contributed by atoms with Gasteiger partial charge >= 0.3 is 5.97 Å². The molecule has 1 N–H and O–H groups in total. The molecule has 0 radical (unpaired) electrons. The second-order valence-electron chi connectivity index (χ2n) is 3.62. The lowest BCUT2D eigenvalue weighted by molar-refractivity contribution is 0.0680. The van der Waals surface area contributed by atoms with Crippen molar-refractivity contribution in [2.45, 2.75) is 6.54 Å². The fraction of sp³-hybridized carbons (Fsp3) is 0.167. The van der Waals surface area contributed by atoms with E-state index in [1.807, 2.05) is 24.3 Å². The van der Waals surface area contributed by atoms with Crippen LogP contribution < -0.4 is 4.74 Å². The SMILES string of the molecule is COc1cnn(Cc2ccccc2Br)c1C(=O)O. The molecule has 0 saturated heterocycles. The summed E-state index contributed by atoms with van der Waals surface area (Å²) in [5, 5.41) is 13.2. The fourth-order valence-corrected chi connectivity index (χ4v) is 2.05. The summed E-state index contributed by atoms with van der Waals surface area (Å²) in [6, 6.07) is 7.59. The third-order valence-electron chi connectivity index (χ3n) is 2.51. The average Bonchev–Trinajstić information content (AvgIpc) is 2.75. The predicted octanol–water partition coefficient (Wildman–Crippen LogP) is 2.40. The molecule has 94 valence electrons. The van der Waals surface area contributed by atoms with E-state index in [2.05, 4.69) is 21.0 Å². The Hall–Kier alpha value is -1.82. The standard InChI is InChI=1S/C12H11BrN2O3/c1-18-10-6-14-15(11(10)12(16)17)7-8-4-2-3-5-9(8)13/h2-6H,7H2,1H3,(H,16,17). The summed E-state index contributed by atoms with van der Waals surface area (Å²) in [5.74, 6) is -0.800. The fourth-order valence-electron chi connectivity index (χ4n) is 1.64. The molecule has 0 aliphatic heterocycles. The van der Waals surface area contributed by atoms with Crippen LogP contribution in [0.15, 0.2) is 34.9 Å². The zero-order valence-electron chi connectivity index (χ0n) is 9.63. The molecule has 0 saturated carbocycles. The minimum absolute atomic E-state index is 0.0493. The van der Waals surface area contributed by atoms with Gasteiger partial charge in [0.05, 0.1) is 19.9 Å². The first-order valence-electron chi connectivity index (χ1n) is 5.20. The molecule has 6 heteroatoms. The van der Waals surface area contributed by atoms with Crippen LogP contribution in [-0.4, -0.2) is 28.0 Å². The number of methoxy groups -OCH3 is 1. The van der Waals surface area contributed by atoms with Crippen LogP contribution in [0.3, 0.4) is 0 Å². The molecule has 0 unspecified atom stereocenters. The Morgan fingerprint density at radius 2 is 2.22 bits per heavy atom. The molecular formula is C12H11BrN2O3. The van der Waals surface area contributed by atoms with Gasteiger partial charge in [-0.25, -0.2) is 4.79 Å². The number of nitrogens with zero attached hydrogens (tertiary/aromatic N) is 2. The van der Waals surface area contributed by atoms with Gasteiger partial charge in [-0.3, -0.25) is 4.68 Å². The van der Waals surface area contributed by atoms with Crippen LogP contribution in [-0.2, 0) is 6.54 Å². The average molecular weight is 311 g/mol. The molecule has 0 spiro atoms. The Bertz CT molecular complexity index is 580. The van der Waals surface area contributed by atoms with Crippen LogP contribution in [0.5, 0.6) is 5.75 Å².